The van der Waals surface area contributed by atoms with Crippen LogP contribution < -0.4 is 10.2 Å². The molecule has 0 radical (unpaired) electrons. The molecule has 0 aliphatic carbocycles. The minimum absolute atomic E-state index is 0.0390. The van der Waals surface area contributed by atoms with Crippen LogP contribution in [0.4, 0.5) is 10.8 Å². The van der Waals surface area contributed by atoms with Gasteiger partial charge < -0.3 is 4.90 Å². The van der Waals surface area contributed by atoms with Crippen molar-refractivity contribution in [1.29, 1.82) is 0 Å². The number of fused-ring (bicyclic) bond motifs is 1. The van der Waals surface area contributed by atoms with Gasteiger partial charge in [0.25, 0.3) is 5.91 Å². The lowest BCUT2D eigenvalue weighted by Gasteiger charge is -2.16. The topological polar surface area (TPSA) is 101 Å². The number of amides is 2. The molecule has 0 saturated carbocycles. The number of anilines is 2. The van der Waals surface area contributed by atoms with E-state index in [-0.39, 0.29) is 17.6 Å². The molecule has 0 saturated heterocycles. The second-order valence-corrected chi connectivity index (χ2v) is 8.68. The van der Waals surface area contributed by atoms with Gasteiger partial charge in [-0.2, -0.15) is 0 Å². The number of thioether (sulfide) groups is 1. The Balaban J connectivity index is 1.34. The molecule has 1 aliphatic rings. The molecule has 0 atom stereocenters. The van der Waals surface area contributed by atoms with E-state index >= 15 is 0 Å². The highest BCUT2D eigenvalue weighted by atomic mass is 32.2. The van der Waals surface area contributed by atoms with Gasteiger partial charge in [0.2, 0.25) is 11.0 Å². The molecular weight excluding hydrogens is 404 g/mol. The number of hydrogen-bond donors (Lipinski definition) is 1. The van der Waals surface area contributed by atoms with Crippen molar-refractivity contribution in [2.75, 3.05) is 22.5 Å². The van der Waals surface area contributed by atoms with Crippen LogP contribution in [0.25, 0.3) is 0 Å². The van der Waals surface area contributed by atoms with Gasteiger partial charge in [0, 0.05) is 12.2 Å². The number of nitrogens with zero attached hydrogens (tertiary/aromatic N) is 5. The fourth-order valence-electron chi connectivity index (χ4n) is 2.71. The van der Waals surface area contributed by atoms with Gasteiger partial charge in [-0.15, -0.1) is 15.3 Å². The van der Waals surface area contributed by atoms with Crippen molar-refractivity contribution in [3.8, 4) is 0 Å². The number of para-hydroxylation sites is 1. The molecule has 2 aromatic heterocycles. The Morgan fingerprint density at radius 1 is 1.26 bits per heavy atom. The Morgan fingerprint density at radius 3 is 2.93 bits per heavy atom. The molecular formula is C16H14N6O2S3. The fourth-order valence-corrected chi connectivity index (χ4v) is 4.89. The molecule has 11 heteroatoms. The number of hydrogen-bond acceptors (Lipinski definition) is 9. The summed E-state index contributed by atoms with van der Waals surface area (Å²) in [6.45, 7) is 2.43. The lowest BCUT2D eigenvalue weighted by Crippen LogP contribution is -2.30. The van der Waals surface area contributed by atoms with E-state index in [0.717, 1.165) is 23.6 Å². The van der Waals surface area contributed by atoms with E-state index in [2.05, 4.69) is 31.2 Å². The van der Waals surface area contributed by atoms with Crippen LogP contribution in [0.1, 0.15) is 20.9 Å². The lowest BCUT2D eigenvalue weighted by atomic mass is 10.2. The fraction of sp³-hybridized carbons (Fsp3) is 0.250. The van der Waals surface area contributed by atoms with E-state index in [4.69, 9.17) is 0 Å². The molecule has 3 aromatic rings. The number of nitrogens with one attached hydrogen (secondary N) is 1. The van der Waals surface area contributed by atoms with Crippen molar-refractivity contribution >= 4 is 57.3 Å². The molecule has 0 spiro atoms. The number of benzene rings is 1. The van der Waals surface area contributed by atoms with Crippen LogP contribution in [0.2, 0.25) is 0 Å². The number of aryl methyl sites for hydroxylation is 1. The zero-order valence-electron chi connectivity index (χ0n) is 14.2. The van der Waals surface area contributed by atoms with Gasteiger partial charge in [-0.05, 0) is 36.5 Å². The summed E-state index contributed by atoms with van der Waals surface area (Å²) in [6, 6.07) is 7.95. The van der Waals surface area contributed by atoms with Crippen molar-refractivity contribution < 1.29 is 9.59 Å². The number of aromatic nitrogens is 4. The predicted molar refractivity (Wildman–Crippen MR) is 106 cm³/mol. The van der Waals surface area contributed by atoms with Crippen molar-refractivity contribution in [3.63, 3.8) is 0 Å². The van der Waals surface area contributed by atoms with Crippen LogP contribution in [0.3, 0.4) is 0 Å². The first kappa shape index (κ1) is 18.0. The van der Waals surface area contributed by atoms with Crippen molar-refractivity contribution in [3.05, 3.63) is 40.4 Å². The Hall–Kier alpha value is -2.37. The number of carbonyl (C=O) groups excluding carboxylic acids is 2. The third-order valence-electron chi connectivity index (χ3n) is 3.99. The van der Waals surface area contributed by atoms with Crippen LogP contribution in [0, 0.1) is 6.92 Å². The standard InChI is InChI=1S/C16H14N6O2S3/c1-9-13(27-21-18-9)14(24)17-15-19-20-16(26-15)25-8-12(23)22-7-6-10-4-2-3-5-11(10)22/h2-5H,6-8H2,1H3,(H,17,19,24). The normalized spacial score (nSPS) is 12.9. The number of carbonyl (C=O) groups is 2. The molecule has 2 amide bonds. The maximum absolute atomic E-state index is 12.5. The molecule has 3 heterocycles. The molecule has 4 rings (SSSR count). The molecule has 0 unspecified atom stereocenters. The zero-order valence-corrected chi connectivity index (χ0v) is 16.7. The average molecular weight is 419 g/mol. The Morgan fingerprint density at radius 2 is 2.11 bits per heavy atom. The summed E-state index contributed by atoms with van der Waals surface area (Å²) in [5.74, 6) is 0.00598. The highest BCUT2D eigenvalue weighted by Gasteiger charge is 2.24. The van der Waals surface area contributed by atoms with E-state index in [1.165, 1.54) is 28.7 Å². The predicted octanol–water partition coefficient (Wildman–Crippen LogP) is 2.63. The van der Waals surface area contributed by atoms with Gasteiger partial charge in [-0.3, -0.25) is 14.9 Å². The van der Waals surface area contributed by atoms with Gasteiger partial charge in [0.15, 0.2) is 4.34 Å². The van der Waals surface area contributed by atoms with E-state index in [1.807, 2.05) is 23.1 Å². The third-order valence-corrected chi connectivity index (χ3v) is 6.78. The van der Waals surface area contributed by atoms with Gasteiger partial charge in [0.05, 0.1) is 11.4 Å². The summed E-state index contributed by atoms with van der Waals surface area (Å²) >= 11 is 3.59. The van der Waals surface area contributed by atoms with Crippen LogP contribution in [-0.2, 0) is 11.2 Å². The molecule has 0 fully saturated rings. The first-order valence-electron chi connectivity index (χ1n) is 8.06. The first-order chi connectivity index (χ1) is 13.1. The zero-order chi connectivity index (χ0) is 18.8. The quantitative estimate of drug-likeness (QED) is 0.502. The average Bonchev–Trinajstić information content (AvgIpc) is 3.39. The minimum Gasteiger partial charge on any atom is -0.311 e. The first-order valence-corrected chi connectivity index (χ1v) is 10.6. The number of rotatable bonds is 5. The summed E-state index contributed by atoms with van der Waals surface area (Å²) in [4.78, 5) is 26.9. The second-order valence-electron chi connectivity index (χ2n) is 5.73. The second kappa shape index (κ2) is 7.71. The van der Waals surface area contributed by atoms with Crippen molar-refractivity contribution in [1.82, 2.24) is 19.8 Å². The van der Waals surface area contributed by atoms with Crippen molar-refractivity contribution in [2.24, 2.45) is 0 Å². The smallest absolute Gasteiger partial charge is 0.271 e. The summed E-state index contributed by atoms with van der Waals surface area (Å²) in [6.07, 6.45) is 0.882. The molecule has 0 bridgehead atoms. The molecule has 1 aromatic carbocycles. The highest BCUT2D eigenvalue weighted by molar-refractivity contribution is 8.01. The molecule has 27 heavy (non-hydrogen) atoms. The monoisotopic (exact) mass is 418 g/mol. The van der Waals surface area contributed by atoms with E-state index < -0.39 is 0 Å². The summed E-state index contributed by atoms with van der Waals surface area (Å²) in [5, 5.41) is 14.9. The van der Waals surface area contributed by atoms with Gasteiger partial charge in [-0.1, -0.05) is 45.8 Å². The van der Waals surface area contributed by atoms with Gasteiger partial charge in [0.1, 0.15) is 4.88 Å². The van der Waals surface area contributed by atoms with Crippen LogP contribution in [0.15, 0.2) is 28.6 Å². The van der Waals surface area contributed by atoms with Gasteiger partial charge in [-0.25, -0.2) is 0 Å². The van der Waals surface area contributed by atoms with E-state index in [9.17, 15) is 9.59 Å². The Bertz CT molecular complexity index is 1000. The highest BCUT2D eigenvalue weighted by Crippen LogP contribution is 2.30. The summed E-state index contributed by atoms with van der Waals surface area (Å²) < 4.78 is 4.37. The van der Waals surface area contributed by atoms with E-state index in [0.29, 0.717) is 26.6 Å². The van der Waals surface area contributed by atoms with Crippen LogP contribution >= 0.6 is 34.6 Å². The van der Waals surface area contributed by atoms with Gasteiger partial charge >= 0.3 is 0 Å². The summed E-state index contributed by atoms with van der Waals surface area (Å²) in [7, 11) is 0. The molecule has 1 aliphatic heterocycles. The SMILES string of the molecule is Cc1nnsc1C(=O)Nc1nnc(SCC(=O)N2CCc3ccccc32)s1. The maximum Gasteiger partial charge on any atom is 0.271 e. The third kappa shape index (κ3) is 3.84. The Kier molecular flexibility index (Phi) is 5.14. The molecule has 1 N–H and O–H groups in total. The van der Waals surface area contributed by atoms with Crippen molar-refractivity contribution in [2.45, 2.75) is 17.7 Å². The largest absolute Gasteiger partial charge is 0.311 e. The summed E-state index contributed by atoms with van der Waals surface area (Å²) in [5.41, 5.74) is 2.76. The minimum atomic E-state index is -0.306. The maximum atomic E-state index is 12.5. The van der Waals surface area contributed by atoms with E-state index in [1.54, 1.807) is 6.92 Å². The van der Waals surface area contributed by atoms with Crippen LogP contribution in [0.5, 0.6) is 0 Å². The van der Waals surface area contributed by atoms with Crippen LogP contribution in [-0.4, -0.2) is 43.9 Å². The lowest BCUT2D eigenvalue weighted by molar-refractivity contribution is -0.116. The Labute approximate surface area is 167 Å². The molecule has 138 valence electrons. The molecule has 8 nitrogen and oxygen atoms in total.